The van der Waals surface area contributed by atoms with Crippen molar-refractivity contribution in [1.82, 2.24) is 15.5 Å². The minimum absolute atomic E-state index is 0.294. The number of carbonyl (C=O) groups excluding carboxylic acids is 3. The summed E-state index contributed by atoms with van der Waals surface area (Å²) in [5.74, 6) is -0.221. The molecule has 1 fully saturated rings. The predicted molar refractivity (Wildman–Crippen MR) is 95.2 cm³/mol. The molecule has 7 nitrogen and oxygen atoms in total. The van der Waals surface area contributed by atoms with E-state index in [1.807, 2.05) is 11.4 Å². The van der Waals surface area contributed by atoms with Crippen molar-refractivity contribution in [3.8, 4) is 0 Å². The van der Waals surface area contributed by atoms with Crippen LogP contribution in [0.25, 0.3) is 0 Å². The Balaban J connectivity index is 1.79. The lowest BCUT2D eigenvalue weighted by Crippen LogP contribution is -2.43. The summed E-state index contributed by atoms with van der Waals surface area (Å²) in [6, 6.07) is 3.06. The summed E-state index contributed by atoms with van der Waals surface area (Å²) in [7, 11) is 0. The first-order valence-electron chi connectivity index (χ1n) is 8.37. The number of imide groups is 1. The summed E-state index contributed by atoms with van der Waals surface area (Å²) < 4.78 is 5.42. The lowest BCUT2D eigenvalue weighted by Gasteiger charge is -2.19. The molecule has 2 heterocycles. The molecule has 1 saturated heterocycles. The predicted octanol–water partition coefficient (Wildman–Crippen LogP) is 1.69. The van der Waals surface area contributed by atoms with Crippen molar-refractivity contribution in [2.45, 2.75) is 32.7 Å². The fraction of sp³-hybridized carbons (Fsp3) is 0.588. The van der Waals surface area contributed by atoms with Crippen molar-refractivity contribution in [3.63, 3.8) is 0 Å². The monoisotopic (exact) mass is 367 g/mol. The number of nitrogens with zero attached hydrogens (tertiary/aromatic N) is 1. The van der Waals surface area contributed by atoms with Crippen LogP contribution in [0.4, 0.5) is 4.79 Å². The second kappa shape index (κ2) is 8.44. The van der Waals surface area contributed by atoms with Gasteiger partial charge in [0.2, 0.25) is 5.91 Å². The van der Waals surface area contributed by atoms with Gasteiger partial charge in [-0.25, -0.2) is 4.79 Å². The van der Waals surface area contributed by atoms with Crippen LogP contribution in [0.3, 0.4) is 0 Å². The minimum atomic E-state index is -1.11. The Labute approximate surface area is 151 Å². The van der Waals surface area contributed by atoms with Gasteiger partial charge in [0.1, 0.15) is 6.54 Å². The van der Waals surface area contributed by atoms with Crippen molar-refractivity contribution in [2.75, 3.05) is 26.3 Å². The highest BCUT2D eigenvalue weighted by molar-refractivity contribution is 7.10. The van der Waals surface area contributed by atoms with Gasteiger partial charge in [-0.3, -0.25) is 14.5 Å². The van der Waals surface area contributed by atoms with E-state index < -0.39 is 17.5 Å². The Bertz CT molecular complexity index is 617. The fourth-order valence-electron chi connectivity index (χ4n) is 2.45. The third kappa shape index (κ3) is 4.79. The van der Waals surface area contributed by atoms with Crippen molar-refractivity contribution in [1.29, 1.82) is 0 Å². The summed E-state index contributed by atoms with van der Waals surface area (Å²) in [5.41, 5.74) is -1.11. The fourth-order valence-corrected chi connectivity index (χ4v) is 3.29. The smallest absolute Gasteiger partial charge is 0.325 e. The van der Waals surface area contributed by atoms with E-state index in [1.165, 1.54) is 11.3 Å². The van der Waals surface area contributed by atoms with Gasteiger partial charge in [-0.15, -0.1) is 11.3 Å². The number of ether oxygens (including phenoxy) is 1. The van der Waals surface area contributed by atoms with Crippen molar-refractivity contribution < 1.29 is 19.1 Å². The largest absolute Gasteiger partial charge is 0.380 e. The molecule has 2 rings (SSSR count). The van der Waals surface area contributed by atoms with Gasteiger partial charge in [0.25, 0.3) is 5.91 Å². The van der Waals surface area contributed by atoms with Gasteiger partial charge >= 0.3 is 6.03 Å². The number of nitrogens with one attached hydrogen (secondary N) is 2. The molecule has 2 N–H and O–H groups in total. The summed E-state index contributed by atoms with van der Waals surface area (Å²) >= 11 is 1.39. The third-order valence-corrected chi connectivity index (χ3v) is 5.09. The van der Waals surface area contributed by atoms with Gasteiger partial charge < -0.3 is 15.4 Å². The Morgan fingerprint density at radius 1 is 1.40 bits per heavy atom. The molecular weight excluding hydrogens is 342 g/mol. The first-order valence-corrected chi connectivity index (χ1v) is 9.25. The maximum absolute atomic E-state index is 12.6. The second-order valence-electron chi connectivity index (χ2n) is 6.57. The number of hydrogen-bond donors (Lipinski definition) is 2. The zero-order valence-corrected chi connectivity index (χ0v) is 15.6. The number of hydrogen-bond acceptors (Lipinski definition) is 5. The molecular formula is C17H25N3O4S. The number of carbonyl (C=O) groups is 3. The summed E-state index contributed by atoms with van der Waals surface area (Å²) in [4.78, 5) is 38.4. The van der Waals surface area contributed by atoms with Crippen molar-refractivity contribution in [3.05, 3.63) is 22.4 Å². The van der Waals surface area contributed by atoms with E-state index in [-0.39, 0.29) is 12.5 Å². The lowest BCUT2D eigenvalue weighted by atomic mass is 10.0. The quantitative estimate of drug-likeness (QED) is 0.514. The van der Waals surface area contributed by atoms with Crippen LogP contribution in [0, 0.1) is 5.92 Å². The topological polar surface area (TPSA) is 87.7 Å². The van der Waals surface area contributed by atoms with E-state index in [0.717, 1.165) is 16.2 Å². The van der Waals surface area contributed by atoms with Gasteiger partial charge in [-0.05, 0) is 30.7 Å². The first kappa shape index (κ1) is 19.4. The zero-order chi connectivity index (χ0) is 18.4. The molecule has 0 aromatic carbocycles. The molecule has 0 spiro atoms. The number of thiophene rings is 1. The SMILES string of the molecule is CC(C)CCOCCNC(=O)CN1C(=O)NC(C)(c2cccs2)C1=O. The van der Waals surface area contributed by atoms with Crippen LogP contribution in [0.2, 0.25) is 0 Å². The molecule has 0 saturated carbocycles. The van der Waals surface area contributed by atoms with Crippen LogP contribution >= 0.6 is 11.3 Å². The molecule has 25 heavy (non-hydrogen) atoms. The Hall–Kier alpha value is -1.93. The van der Waals surface area contributed by atoms with E-state index >= 15 is 0 Å². The zero-order valence-electron chi connectivity index (χ0n) is 14.8. The number of urea groups is 1. The molecule has 1 unspecified atom stereocenters. The average Bonchev–Trinajstić information content (AvgIpc) is 3.15. The molecule has 1 aromatic heterocycles. The van der Waals surface area contributed by atoms with Crippen LogP contribution in [-0.4, -0.2) is 49.0 Å². The highest BCUT2D eigenvalue weighted by Crippen LogP contribution is 2.31. The van der Waals surface area contributed by atoms with Gasteiger partial charge in [-0.2, -0.15) is 0 Å². The number of amides is 4. The minimum Gasteiger partial charge on any atom is -0.380 e. The van der Waals surface area contributed by atoms with Crippen LogP contribution in [0.15, 0.2) is 17.5 Å². The lowest BCUT2D eigenvalue weighted by molar-refractivity contribution is -0.134. The second-order valence-corrected chi connectivity index (χ2v) is 7.52. The maximum atomic E-state index is 12.6. The molecule has 0 aliphatic carbocycles. The van der Waals surface area contributed by atoms with Gasteiger partial charge in [0.05, 0.1) is 6.61 Å². The van der Waals surface area contributed by atoms with E-state index in [2.05, 4.69) is 24.5 Å². The first-order chi connectivity index (χ1) is 11.8. The maximum Gasteiger partial charge on any atom is 0.325 e. The average molecular weight is 367 g/mol. The van der Waals surface area contributed by atoms with Gasteiger partial charge in [-0.1, -0.05) is 19.9 Å². The molecule has 8 heteroatoms. The molecule has 0 bridgehead atoms. The van der Waals surface area contributed by atoms with Crippen LogP contribution < -0.4 is 10.6 Å². The Kier molecular flexibility index (Phi) is 6.55. The summed E-state index contributed by atoms with van der Waals surface area (Å²) in [6.07, 6.45) is 0.970. The normalized spacial score (nSPS) is 20.2. The highest BCUT2D eigenvalue weighted by atomic mass is 32.1. The molecule has 1 aliphatic rings. The third-order valence-electron chi connectivity index (χ3n) is 4.00. The summed E-state index contributed by atoms with van der Waals surface area (Å²) in [5, 5.41) is 7.18. The number of rotatable bonds is 9. The molecule has 0 radical (unpaired) electrons. The summed E-state index contributed by atoms with van der Waals surface area (Å²) in [6.45, 7) is 7.01. The van der Waals surface area contributed by atoms with E-state index in [4.69, 9.17) is 4.74 Å². The standard InChI is InChI=1S/C17H25N3O4S/c1-12(2)6-8-24-9-7-18-14(21)11-20-15(22)17(3,19-16(20)23)13-5-4-10-25-13/h4-5,10,12H,6-9,11H2,1-3H3,(H,18,21)(H,19,23). The van der Waals surface area contributed by atoms with E-state index in [9.17, 15) is 14.4 Å². The van der Waals surface area contributed by atoms with Crippen molar-refractivity contribution in [2.24, 2.45) is 5.92 Å². The van der Waals surface area contributed by atoms with E-state index in [0.29, 0.717) is 25.7 Å². The molecule has 1 aromatic rings. The Morgan fingerprint density at radius 3 is 2.80 bits per heavy atom. The van der Waals surface area contributed by atoms with Crippen LogP contribution in [0.1, 0.15) is 32.1 Å². The van der Waals surface area contributed by atoms with Gasteiger partial charge in [0.15, 0.2) is 5.54 Å². The van der Waals surface area contributed by atoms with Gasteiger partial charge in [0, 0.05) is 18.0 Å². The molecule has 138 valence electrons. The molecule has 4 amide bonds. The van der Waals surface area contributed by atoms with Crippen LogP contribution in [0.5, 0.6) is 0 Å². The van der Waals surface area contributed by atoms with Crippen molar-refractivity contribution >= 4 is 29.2 Å². The van der Waals surface area contributed by atoms with Crippen LogP contribution in [-0.2, 0) is 19.9 Å². The molecule has 1 aliphatic heterocycles. The van der Waals surface area contributed by atoms with E-state index in [1.54, 1.807) is 13.0 Å². The Morgan fingerprint density at radius 2 is 2.16 bits per heavy atom. The molecule has 1 atom stereocenters. The highest BCUT2D eigenvalue weighted by Gasteiger charge is 2.50.